The van der Waals surface area contributed by atoms with Crippen LogP contribution in [0.25, 0.3) is 0 Å². The lowest BCUT2D eigenvalue weighted by Gasteiger charge is -2.18. The average Bonchev–Trinajstić information content (AvgIpc) is 2.68. The van der Waals surface area contributed by atoms with E-state index in [2.05, 4.69) is 0 Å². The first kappa shape index (κ1) is 23.3. The second kappa shape index (κ2) is 9.70. The van der Waals surface area contributed by atoms with Gasteiger partial charge >= 0.3 is 12.0 Å². The fourth-order valence-corrected chi connectivity index (χ4v) is 3.81. The maximum Gasteiger partial charge on any atom is 0.340 e. The molecule has 0 unspecified atom stereocenters. The van der Waals surface area contributed by atoms with Gasteiger partial charge in [0, 0.05) is 13.6 Å². The van der Waals surface area contributed by atoms with E-state index in [1.807, 2.05) is 6.07 Å². The Labute approximate surface area is 178 Å². The molecule has 0 saturated heterocycles. The van der Waals surface area contributed by atoms with Crippen molar-refractivity contribution in [2.45, 2.75) is 24.5 Å². The molecule has 0 aliphatic heterocycles. The Kier molecular flexibility index (Phi) is 7.54. The van der Waals surface area contributed by atoms with Gasteiger partial charge in [0.25, 0.3) is 5.91 Å². The van der Waals surface area contributed by atoms with E-state index in [0.717, 1.165) is 15.9 Å². The fourth-order valence-electron chi connectivity index (χ4n) is 2.43. The second-order valence-corrected chi connectivity index (χ2v) is 8.74. The molecular weight excluding hydrogens is 434 g/mol. The smallest absolute Gasteiger partial charge is 0.340 e. The summed E-state index contributed by atoms with van der Waals surface area (Å²) in [6.45, 7) is 1.34. The summed E-state index contributed by atoms with van der Waals surface area (Å²) in [5, 5.41) is 1.71. The van der Waals surface area contributed by atoms with E-state index in [1.165, 1.54) is 26.1 Å². The van der Waals surface area contributed by atoms with Gasteiger partial charge < -0.3 is 10.5 Å². The van der Waals surface area contributed by atoms with E-state index in [9.17, 15) is 22.8 Å². The number of carbonyl (C=O) groups excluding carboxylic acids is 3. The van der Waals surface area contributed by atoms with Crippen molar-refractivity contribution < 1.29 is 27.5 Å². The molecule has 0 saturated carbocycles. The number of nitrogens with two attached hydrogens (primary N) is 1. The first-order valence-electron chi connectivity index (χ1n) is 8.63. The largest absolute Gasteiger partial charge is 0.449 e. The van der Waals surface area contributed by atoms with Gasteiger partial charge in [-0.2, -0.15) is 4.31 Å². The summed E-state index contributed by atoms with van der Waals surface area (Å²) in [6.07, 6.45) is -1.36. The Morgan fingerprint density at radius 2 is 1.80 bits per heavy atom. The van der Waals surface area contributed by atoms with Crippen LogP contribution in [0.15, 0.2) is 53.4 Å². The Morgan fingerprint density at radius 3 is 2.40 bits per heavy atom. The Hall–Kier alpha value is -2.95. The van der Waals surface area contributed by atoms with Gasteiger partial charge in [-0.05, 0) is 30.7 Å². The number of hydrogen-bond donors (Lipinski definition) is 2. The van der Waals surface area contributed by atoms with Crippen molar-refractivity contribution in [1.29, 1.82) is 0 Å². The van der Waals surface area contributed by atoms with Crippen LogP contribution in [0.1, 0.15) is 22.8 Å². The van der Waals surface area contributed by atoms with E-state index in [1.54, 1.807) is 29.6 Å². The first-order valence-corrected chi connectivity index (χ1v) is 10.4. The lowest BCUT2D eigenvalue weighted by Crippen LogP contribution is -2.42. The van der Waals surface area contributed by atoms with Gasteiger partial charge in [0.15, 0.2) is 6.10 Å². The molecule has 0 aliphatic rings. The normalized spacial score (nSPS) is 12.3. The van der Waals surface area contributed by atoms with Crippen LogP contribution in [0.4, 0.5) is 4.79 Å². The molecule has 0 heterocycles. The van der Waals surface area contributed by atoms with Crippen LogP contribution < -0.4 is 11.1 Å². The highest BCUT2D eigenvalue weighted by molar-refractivity contribution is 7.89. The molecule has 0 fully saturated rings. The van der Waals surface area contributed by atoms with Gasteiger partial charge in [0.1, 0.15) is 0 Å². The SMILES string of the molecule is C[C@H](OC(=O)c1cc(S(=O)(=O)N(C)Cc2ccccc2)ccc1Cl)C(=O)NC(N)=O. The van der Waals surface area contributed by atoms with Crippen molar-refractivity contribution in [3.63, 3.8) is 0 Å². The molecule has 11 heteroatoms. The van der Waals surface area contributed by atoms with E-state index in [4.69, 9.17) is 22.1 Å². The zero-order valence-electron chi connectivity index (χ0n) is 16.2. The van der Waals surface area contributed by atoms with Gasteiger partial charge in [-0.3, -0.25) is 10.1 Å². The number of carbonyl (C=O) groups is 3. The van der Waals surface area contributed by atoms with Gasteiger partial charge in [-0.1, -0.05) is 41.9 Å². The first-order chi connectivity index (χ1) is 14.0. The minimum atomic E-state index is -3.94. The number of primary amides is 1. The van der Waals surface area contributed by atoms with Crippen LogP contribution in [0, 0.1) is 0 Å². The number of ether oxygens (including phenoxy) is 1. The quantitative estimate of drug-likeness (QED) is 0.614. The number of nitrogens with zero attached hydrogens (tertiary/aromatic N) is 1. The molecule has 160 valence electrons. The lowest BCUT2D eigenvalue weighted by atomic mass is 10.2. The van der Waals surface area contributed by atoms with Gasteiger partial charge in [-0.25, -0.2) is 18.0 Å². The predicted molar refractivity (Wildman–Crippen MR) is 109 cm³/mol. The third kappa shape index (κ3) is 5.78. The number of imide groups is 1. The topological polar surface area (TPSA) is 136 Å². The van der Waals surface area contributed by atoms with Crippen LogP contribution in [0.3, 0.4) is 0 Å². The zero-order chi connectivity index (χ0) is 22.5. The molecule has 30 heavy (non-hydrogen) atoms. The molecule has 3 amide bonds. The maximum atomic E-state index is 12.9. The number of rotatable bonds is 7. The molecule has 0 aliphatic carbocycles. The van der Waals surface area contributed by atoms with Crippen molar-refractivity contribution in [3.05, 3.63) is 64.7 Å². The number of amides is 3. The van der Waals surface area contributed by atoms with Gasteiger partial charge in [0.2, 0.25) is 10.0 Å². The second-order valence-electron chi connectivity index (χ2n) is 6.29. The molecule has 1 atom stereocenters. The molecule has 0 bridgehead atoms. The molecule has 3 N–H and O–H groups in total. The minimum Gasteiger partial charge on any atom is -0.449 e. The molecular formula is C19H20ClN3O6S. The van der Waals surface area contributed by atoms with Crippen molar-refractivity contribution in [3.8, 4) is 0 Å². The van der Waals surface area contributed by atoms with Crippen LogP contribution in [0.2, 0.25) is 5.02 Å². The summed E-state index contributed by atoms with van der Waals surface area (Å²) < 4.78 is 31.9. The highest BCUT2D eigenvalue weighted by Gasteiger charge is 2.26. The molecule has 2 aromatic carbocycles. The number of nitrogens with one attached hydrogen (secondary N) is 1. The van der Waals surface area contributed by atoms with Crippen LogP contribution in [-0.2, 0) is 26.1 Å². The molecule has 9 nitrogen and oxygen atoms in total. The Balaban J connectivity index is 2.23. The molecule has 2 rings (SSSR count). The van der Waals surface area contributed by atoms with Crippen molar-refractivity contribution in [2.75, 3.05) is 7.05 Å². The van der Waals surface area contributed by atoms with E-state index in [0.29, 0.717) is 0 Å². The highest BCUT2D eigenvalue weighted by Crippen LogP contribution is 2.24. The molecule has 2 aromatic rings. The lowest BCUT2D eigenvalue weighted by molar-refractivity contribution is -0.127. The van der Waals surface area contributed by atoms with Crippen LogP contribution in [-0.4, -0.2) is 43.8 Å². The number of halogens is 1. The summed E-state index contributed by atoms with van der Waals surface area (Å²) in [5.74, 6) is -1.96. The van der Waals surface area contributed by atoms with Crippen molar-refractivity contribution in [1.82, 2.24) is 9.62 Å². The van der Waals surface area contributed by atoms with Crippen LogP contribution in [0.5, 0.6) is 0 Å². The monoisotopic (exact) mass is 453 g/mol. The standard InChI is InChI=1S/C19H20ClN3O6S/c1-12(17(24)22-19(21)26)29-18(25)15-10-14(8-9-16(15)20)30(27,28)23(2)11-13-6-4-3-5-7-13/h3-10,12H,11H2,1-2H3,(H3,21,22,24,26)/t12-/m0/s1. The van der Waals surface area contributed by atoms with Gasteiger partial charge in [-0.15, -0.1) is 0 Å². The van der Waals surface area contributed by atoms with E-state index < -0.39 is 34.0 Å². The van der Waals surface area contributed by atoms with Crippen LogP contribution >= 0.6 is 11.6 Å². The zero-order valence-corrected chi connectivity index (χ0v) is 17.7. The van der Waals surface area contributed by atoms with Crippen molar-refractivity contribution in [2.24, 2.45) is 5.73 Å². The Bertz CT molecular complexity index is 1060. The Morgan fingerprint density at radius 1 is 1.17 bits per heavy atom. The maximum absolute atomic E-state index is 12.9. The number of sulfonamides is 1. The minimum absolute atomic E-state index is 0.0628. The predicted octanol–water partition coefficient (Wildman–Crippen LogP) is 1.90. The number of esters is 1. The summed E-state index contributed by atoms with van der Waals surface area (Å²) >= 11 is 6.01. The van der Waals surface area contributed by atoms with Crippen molar-refractivity contribution >= 4 is 39.5 Å². The van der Waals surface area contributed by atoms with Gasteiger partial charge in [0.05, 0.1) is 15.5 Å². The highest BCUT2D eigenvalue weighted by atomic mass is 35.5. The molecule has 0 radical (unpaired) electrons. The molecule has 0 spiro atoms. The van der Waals surface area contributed by atoms with E-state index >= 15 is 0 Å². The summed E-state index contributed by atoms with van der Waals surface area (Å²) in [4.78, 5) is 34.6. The van der Waals surface area contributed by atoms with E-state index in [-0.39, 0.29) is 22.0 Å². The summed E-state index contributed by atoms with van der Waals surface area (Å²) in [5.41, 5.74) is 5.38. The number of hydrogen-bond acceptors (Lipinski definition) is 6. The summed E-state index contributed by atoms with van der Waals surface area (Å²) in [7, 11) is -2.54. The third-order valence-corrected chi connectivity index (χ3v) is 6.14. The summed E-state index contributed by atoms with van der Waals surface area (Å²) in [6, 6.07) is 11.5. The number of urea groups is 1. The average molecular weight is 454 g/mol. The fraction of sp³-hybridized carbons (Fsp3) is 0.211. The number of benzene rings is 2. The third-order valence-electron chi connectivity index (χ3n) is 4.01. The molecule has 0 aromatic heterocycles.